The summed E-state index contributed by atoms with van der Waals surface area (Å²) in [6.45, 7) is 2.69. The maximum Gasteiger partial charge on any atom is 0.354 e. The van der Waals surface area contributed by atoms with Gasteiger partial charge in [0.15, 0.2) is 0 Å². The van der Waals surface area contributed by atoms with Crippen molar-refractivity contribution in [3.05, 3.63) is 59.4 Å². The fraction of sp³-hybridized carbons (Fsp3) is 0.200. The first kappa shape index (κ1) is 13.1. The molecule has 2 aromatic rings. The zero-order valence-electron chi connectivity index (χ0n) is 11.0. The zero-order chi connectivity index (χ0) is 13.8. The summed E-state index contributed by atoms with van der Waals surface area (Å²) in [6, 6.07) is 11.6. The normalized spacial score (nSPS) is 10.2. The van der Waals surface area contributed by atoms with Crippen molar-refractivity contribution in [2.75, 3.05) is 11.9 Å². The van der Waals surface area contributed by atoms with Crippen LogP contribution in [0.15, 0.2) is 42.6 Å². The molecule has 0 unspecified atom stereocenters. The molecule has 98 valence electrons. The SMILES string of the molecule is Cc1cccc(N(C)Cc2ccnc(C(=O)O)c2)c1. The second kappa shape index (κ2) is 5.52. The molecule has 4 nitrogen and oxygen atoms in total. The van der Waals surface area contributed by atoms with Gasteiger partial charge < -0.3 is 10.0 Å². The monoisotopic (exact) mass is 256 g/mol. The molecule has 4 heteroatoms. The standard InChI is InChI=1S/C15H16N2O2/c1-11-4-3-5-13(8-11)17(2)10-12-6-7-16-14(9-12)15(18)19/h3-9H,10H2,1-2H3,(H,18,19). The van der Waals surface area contributed by atoms with Gasteiger partial charge in [-0.1, -0.05) is 12.1 Å². The van der Waals surface area contributed by atoms with Crippen molar-refractivity contribution in [1.29, 1.82) is 0 Å². The fourth-order valence-corrected chi connectivity index (χ4v) is 1.92. The molecule has 0 atom stereocenters. The largest absolute Gasteiger partial charge is 0.477 e. The molecule has 0 aliphatic rings. The lowest BCUT2D eigenvalue weighted by Crippen LogP contribution is -2.17. The number of carbonyl (C=O) groups is 1. The van der Waals surface area contributed by atoms with Crippen LogP contribution in [-0.2, 0) is 6.54 Å². The van der Waals surface area contributed by atoms with Crippen LogP contribution in [-0.4, -0.2) is 23.1 Å². The summed E-state index contributed by atoms with van der Waals surface area (Å²) in [7, 11) is 1.98. The Bertz CT molecular complexity index is 596. The quantitative estimate of drug-likeness (QED) is 0.913. The molecule has 0 fully saturated rings. The Morgan fingerprint density at radius 3 is 2.79 bits per heavy atom. The van der Waals surface area contributed by atoms with Gasteiger partial charge in [-0.25, -0.2) is 9.78 Å². The van der Waals surface area contributed by atoms with Gasteiger partial charge in [-0.15, -0.1) is 0 Å². The van der Waals surface area contributed by atoms with Crippen molar-refractivity contribution in [3.63, 3.8) is 0 Å². The molecular weight excluding hydrogens is 240 g/mol. The molecule has 1 N–H and O–H groups in total. The van der Waals surface area contributed by atoms with E-state index in [2.05, 4.69) is 16.0 Å². The average molecular weight is 256 g/mol. The van der Waals surface area contributed by atoms with E-state index in [-0.39, 0.29) is 5.69 Å². The summed E-state index contributed by atoms with van der Waals surface area (Å²) in [5, 5.41) is 8.92. The molecule has 19 heavy (non-hydrogen) atoms. The van der Waals surface area contributed by atoms with Crippen molar-refractivity contribution in [2.24, 2.45) is 0 Å². The molecule has 0 saturated heterocycles. The predicted octanol–water partition coefficient (Wildman–Crippen LogP) is 2.72. The molecule has 0 bridgehead atoms. The lowest BCUT2D eigenvalue weighted by molar-refractivity contribution is 0.0690. The van der Waals surface area contributed by atoms with Gasteiger partial charge in [0, 0.05) is 25.5 Å². The van der Waals surface area contributed by atoms with Crippen LogP contribution >= 0.6 is 0 Å². The molecule has 0 radical (unpaired) electrons. The summed E-state index contributed by atoms with van der Waals surface area (Å²) in [5.41, 5.74) is 3.31. The number of pyridine rings is 1. The number of aromatic nitrogens is 1. The molecule has 0 aliphatic carbocycles. The van der Waals surface area contributed by atoms with Crippen LogP contribution < -0.4 is 4.90 Å². The Hall–Kier alpha value is -2.36. The number of anilines is 1. The summed E-state index contributed by atoms with van der Waals surface area (Å²) in [5.74, 6) is -1.000. The Morgan fingerprint density at radius 1 is 1.32 bits per heavy atom. The molecular formula is C15H16N2O2. The van der Waals surface area contributed by atoms with Crippen molar-refractivity contribution in [3.8, 4) is 0 Å². The maximum absolute atomic E-state index is 10.9. The Kier molecular flexibility index (Phi) is 3.80. The first-order chi connectivity index (χ1) is 9.06. The van der Waals surface area contributed by atoms with Gasteiger partial charge in [0.2, 0.25) is 0 Å². The first-order valence-electron chi connectivity index (χ1n) is 6.02. The van der Waals surface area contributed by atoms with E-state index in [1.165, 1.54) is 11.8 Å². The zero-order valence-corrected chi connectivity index (χ0v) is 11.0. The highest BCUT2D eigenvalue weighted by Crippen LogP contribution is 2.17. The van der Waals surface area contributed by atoms with Crippen LogP contribution in [0, 0.1) is 6.92 Å². The molecule has 0 aliphatic heterocycles. The third-order valence-electron chi connectivity index (χ3n) is 2.91. The van der Waals surface area contributed by atoms with E-state index in [1.807, 2.05) is 38.2 Å². The molecule has 2 rings (SSSR count). The lowest BCUT2D eigenvalue weighted by Gasteiger charge is -2.20. The van der Waals surface area contributed by atoms with Crippen LogP contribution in [0.25, 0.3) is 0 Å². The van der Waals surface area contributed by atoms with E-state index in [0.717, 1.165) is 11.3 Å². The average Bonchev–Trinajstić information content (AvgIpc) is 2.39. The maximum atomic E-state index is 10.9. The molecule has 0 amide bonds. The number of hydrogen-bond donors (Lipinski definition) is 1. The fourth-order valence-electron chi connectivity index (χ4n) is 1.92. The molecule has 0 spiro atoms. The lowest BCUT2D eigenvalue weighted by atomic mass is 10.2. The van der Waals surface area contributed by atoms with Crippen molar-refractivity contribution >= 4 is 11.7 Å². The van der Waals surface area contributed by atoms with Crippen molar-refractivity contribution in [1.82, 2.24) is 4.98 Å². The van der Waals surface area contributed by atoms with Gasteiger partial charge in [0.1, 0.15) is 5.69 Å². The van der Waals surface area contributed by atoms with E-state index in [4.69, 9.17) is 5.11 Å². The Labute approximate surface area is 112 Å². The topological polar surface area (TPSA) is 53.4 Å². The second-order valence-corrected chi connectivity index (χ2v) is 4.55. The highest BCUT2D eigenvalue weighted by molar-refractivity contribution is 5.85. The number of carboxylic acid groups (broad SMARTS) is 1. The second-order valence-electron chi connectivity index (χ2n) is 4.55. The number of carboxylic acids is 1. The number of rotatable bonds is 4. The molecule has 0 saturated carbocycles. The van der Waals surface area contributed by atoms with Gasteiger partial charge in [-0.2, -0.15) is 0 Å². The number of nitrogens with zero attached hydrogens (tertiary/aromatic N) is 2. The Morgan fingerprint density at radius 2 is 2.11 bits per heavy atom. The minimum Gasteiger partial charge on any atom is -0.477 e. The van der Waals surface area contributed by atoms with Crippen LogP contribution in [0.5, 0.6) is 0 Å². The molecule has 1 aromatic heterocycles. The number of benzene rings is 1. The van der Waals surface area contributed by atoms with Crippen LogP contribution in [0.3, 0.4) is 0 Å². The summed E-state index contributed by atoms with van der Waals surface area (Å²) >= 11 is 0. The van der Waals surface area contributed by atoms with Crippen molar-refractivity contribution in [2.45, 2.75) is 13.5 Å². The smallest absolute Gasteiger partial charge is 0.354 e. The third-order valence-corrected chi connectivity index (χ3v) is 2.91. The van der Waals surface area contributed by atoms with Gasteiger partial charge in [-0.3, -0.25) is 0 Å². The van der Waals surface area contributed by atoms with E-state index in [1.54, 1.807) is 6.07 Å². The minimum atomic E-state index is -1.000. The van der Waals surface area contributed by atoms with Crippen molar-refractivity contribution < 1.29 is 9.90 Å². The van der Waals surface area contributed by atoms with Gasteiger partial charge >= 0.3 is 5.97 Å². The van der Waals surface area contributed by atoms with Gasteiger partial charge in [-0.05, 0) is 42.3 Å². The summed E-state index contributed by atoms with van der Waals surface area (Å²) in [6.07, 6.45) is 1.53. The number of aromatic carboxylic acids is 1. The van der Waals surface area contributed by atoms with Crippen LogP contribution in [0.4, 0.5) is 5.69 Å². The first-order valence-corrected chi connectivity index (χ1v) is 6.02. The van der Waals surface area contributed by atoms with Gasteiger partial charge in [0.25, 0.3) is 0 Å². The van der Waals surface area contributed by atoms with Crippen LogP contribution in [0.2, 0.25) is 0 Å². The summed E-state index contributed by atoms with van der Waals surface area (Å²) < 4.78 is 0. The molecule has 1 heterocycles. The van der Waals surface area contributed by atoms with Gasteiger partial charge in [0.05, 0.1) is 0 Å². The van der Waals surface area contributed by atoms with E-state index in [9.17, 15) is 4.79 Å². The minimum absolute atomic E-state index is 0.0788. The Balaban J connectivity index is 2.17. The van der Waals surface area contributed by atoms with E-state index < -0.39 is 5.97 Å². The molecule has 1 aromatic carbocycles. The number of aryl methyl sites for hydroxylation is 1. The van der Waals surface area contributed by atoms with E-state index in [0.29, 0.717) is 6.54 Å². The predicted molar refractivity (Wildman–Crippen MR) is 74.5 cm³/mol. The third kappa shape index (κ3) is 3.31. The summed E-state index contributed by atoms with van der Waals surface area (Å²) in [4.78, 5) is 16.8. The highest BCUT2D eigenvalue weighted by Gasteiger charge is 2.07. The highest BCUT2D eigenvalue weighted by atomic mass is 16.4. The van der Waals surface area contributed by atoms with E-state index >= 15 is 0 Å². The van der Waals surface area contributed by atoms with Crippen LogP contribution in [0.1, 0.15) is 21.6 Å². The number of hydrogen-bond acceptors (Lipinski definition) is 3.